The highest BCUT2D eigenvalue weighted by atomic mass is 32.2. The number of hydrogen-bond donors (Lipinski definition) is 1. The van der Waals surface area contributed by atoms with Crippen molar-refractivity contribution >= 4 is 22.8 Å². The maximum atomic E-state index is 10.7. The summed E-state index contributed by atoms with van der Waals surface area (Å²) in [6.45, 7) is 6.80. The molecular weight excluding hydrogens is 176 g/mol. The summed E-state index contributed by atoms with van der Waals surface area (Å²) in [6, 6.07) is 0. The van der Waals surface area contributed by atoms with Gasteiger partial charge in [0.2, 0.25) is 0 Å². The molecule has 3 nitrogen and oxygen atoms in total. The Kier molecular flexibility index (Phi) is 3.77. The van der Waals surface area contributed by atoms with Gasteiger partial charge in [0.05, 0.1) is 0 Å². The number of carbonyl (C=O) groups is 2. The molecule has 0 saturated heterocycles. The van der Waals surface area contributed by atoms with E-state index in [2.05, 4.69) is 0 Å². The molecule has 0 aromatic rings. The minimum absolute atomic E-state index is 0.155. The molecule has 70 valence electrons. The van der Waals surface area contributed by atoms with E-state index in [-0.39, 0.29) is 10.5 Å². The third kappa shape index (κ3) is 3.76. The second kappa shape index (κ2) is 3.94. The van der Waals surface area contributed by atoms with E-state index >= 15 is 0 Å². The fourth-order valence-electron chi connectivity index (χ4n) is 0.764. The van der Waals surface area contributed by atoms with E-state index in [1.54, 1.807) is 0 Å². The van der Waals surface area contributed by atoms with Gasteiger partial charge in [-0.1, -0.05) is 32.5 Å². The topological polar surface area (TPSA) is 54.4 Å². The standard InChI is InChI=1S/C8H14O3S/c1-5(9)12-6(7(10)11)8(2,3)4/h6H,1-4H3,(H,10,11). The predicted molar refractivity (Wildman–Crippen MR) is 49.2 cm³/mol. The first-order valence-electron chi connectivity index (χ1n) is 3.65. The van der Waals surface area contributed by atoms with E-state index in [1.165, 1.54) is 6.92 Å². The van der Waals surface area contributed by atoms with E-state index in [9.17, 15) is 9.59 Å². The predicted octanol–water partition coefficient (Wildman–Crippen LogP) is 1.77. The van der Waals surface area contributed by atoms with Crippen molar-refractivity contribution in [1.29, 1.82) is 0 Å². The Bertz CT molecular complexity index is 193. The summed E-state index contributed by atoms with van der Waals surface area (Å²) in [5.74, 6) is -0.928. The highest BCUT2D eigenvalue weighted by molar-refractivity contribution is 8.14. The fourth-order valence-corrected chi connectivity index (χ4v) is 1.55. The van der Waals surface area contributed by atoms with E-state index < -0.39 is 11.2 Å². The lowest BCUT2D eigenvalue weighted by molar-refractivity contribution is -0.138. The molecule has 0 aromatic heterocycles. The van der Waals surface area contributed by atoms with Crippen molar-refractivity contribution in [2.45, 2.75) is 32.9 Å². The maximum absolute atomic E-state index is 10.7. The lowest BCUT2D eigenvalue weighted by atomic mass is 9.92. The first-order valence-corrected chi connectivity index (χ1v) is 4.53. The minimum Gasteiger partial charge on any atom is -0.480 e. The van der Waals surface area contributed by atoms with Gasteiger partial charge in [0.1, 0.15) is 5.25 Å². The Morgan fingerprint density at radius 3 is 1.83 bits per heavy atom. The first-order chi connectivity index (χ1) is 5.25. The summed E-state index contributed by atoms with van der Waals surface area (Å²) >= 11 is 0.876. The van der Waals surface area contributed by atoms with Crippen LogP contribution in [0, 0.1) is 5.41 Å². The SMILES string of the molecule is CC(=O)SC(C(=O)O)C(C)(C)C. The van der Waals surface area contributed by atoms with Gasteiger partial charge in [-0.2, -0.15) is 0 Å². The van der Waals surface area contributed by atoms with Crippen molar-refractivity contribution in [3.05, 3.63) is 0 Å². The van der Waals surface area contributed by atoms with Gasteiger partial charge < -0.3 is 5.11 Å². The van der Waals surface area contributed by atoms with Crippen LogP contribution < -0.4 is 0 Å². The summed E-state index contributed by atoms with van der Waals surface area (Å²) in [5, 5.41) is 7.97. The van der Waals surface area contributed by atoms with Crippen molar-refractivity contribution < 1.29 is 14.7 Å². The average molecular weight is 190 g/mol. The lowest BCUT2D eigenvalue weighted by Crippen LogP contribution is -2.32. The molecular formula is C8H14O3S. The number of carbonyl (C=O) groups excluding carboxylic acids is 1. The second-order valence-corrected chi connectivity index (χ2v) is 4.98. The van der Waals surface area contributed by atoms with Gasteiger partial charge in [-0.3, -0.25) is 9.59 Å². The van der Waals surface area contributed by atoms with Gasteiger partial charge in [0, 0.05) is 6.92 Å². The molecule has 0 heterocycles. The Balaban J connectivity index is 4.46. The number of rotatable bonds is 2. The molecule has 0 aliphatic carbocycles. The van der Waals surface area contributed by atoms with Crippen LogP contribution in [-0.4, -0.2) is 21.4 Å². The number of thioether (sulfide) groups is 1. The summed E-state index contributed by atoms with van der Waals surface area (Å²) < 4.78 is 0. The van der Waals surface area contributed by atoms with Gasteiger partial charge in [0.25, 0.3) is 0 Å². The van der Waals surface area contributed by atoms with Crippen molar-refractivity contribution in [2.75, 3.05) is 0 Å². The molecule has 0 amide bonds. The Labute approximate surface area is 76.5 Å². The maximum Gasteiger partial charge on any atom is 0.317 e. The van der Waals surface area contributed by atoms with Gasteiger partial charge >= 0.3 is 5.97 Å². The molecule has 1 N–H and O–H groups in total. The van der Waals surface area contributed by atoms with Crippen LogP contribution in [-0.2, 0) is 9.59 Å². The number of aliphatic carboxylic acids is 1. The third-order valence-electron chi connectivity index (χ3n) is 1.29. The highest BCUT2D eigenvalue weighted by Gasteiger charge is 2.32. The van der Waals surface area contributed by atoms with Crippen molar-refractivity contribution in [3.63, 3.8) is 0 Å². The second-order valence-electron chi connectivity index (χ2n) is 3.69. The molecule has 0 fully saturated rings. The largest absolute Gasteiger partial charge is 0.480 e. The van der Waals surface area contributed by atoms with Crippen LogP contribution in [0.15, 0.2) is 0 Å². The van der Waals surface area contributed by atoms with Gasteiger partial charge in [-0.25, -0.2) is 0 Å². The van der Waals surface area contributed by atoms with E-state index in [1.807, 2.05) is 20.8 Å². The first kappa shape index (κ1) is 11.5. The zero-order chi connectivity index (χ0) is 9.94. The molecule has 0 bridgehead atoms. The molecule has 0 aliphatic rings. The smallest absolute Gasteiger partial charge is 0.317 e. The van der Waals surface area contributed by atoms with Crippen LogP contribution in [0.5, 0.6) is 0 Å². The van der Waals surface area contributed by atoms with Crippen molar-refractivity contribution in [1.82, 2.24) is 0 Å². The fraction of sp³-hybridized carbons (Fsp3) is 0.750. The minimum atomic E-state index is -0.928. The summed E-state index contributed by atoms with van der Waals surface area (Å²) in [4.78, 5) is 21.4. The number of carboxylic acid groups (broad SMARTS) is 1. The van der Waals surface area contributed by atoms with Gasteiger partial charge in [-0.15, -0.1) is 0 Å². The Morgan fingerprint density at radius 2 is 1.75 bits per heavy atom. The molecule has 0 radical (unpaired) electrons. The molecule has 0 spiro atoms. The molecule has 1 unspecified atom stereocenters. The molecule has 1 atom stereocenters. The average Bonchev–Trinajstić information content (AvgIpc) is 1.79. The third-order valence-corrected chi connectivity index (χ3v) is 2.77. The molecule has 0 saturated carbocycles. The summed E-state index contributed by atoms with van der Waals surface area (Å²) in [6.07, 6.45) is 0. The van der Waals surface area contributed by atoms with E-state index in [0.29, 0.717) is 0 Å². The number of hydrogen-bond acceptors (Lipinski definition) is 3. The highest BCUT2D eigenvalue weighted by Crippen LogP contribution is 2.30. The van der Waals surface area contributed by atoms with Crippen molar-refractivity contribution in [2.24, 2.45) is 5.41 Å². The van der Waals surface area contributed by atoms with E-state index in [0.717, 1.165) is 11.8 Å². The van der Waals surface area contributed by atoms with Crippen LogP contribution in [0.1, 0.15) is 27.7 Å². The normalized spacial score (nSPS) is 14.0. The zero-order valence-electron chi connectivity index (χ0n) is 7.75. The van der Waals surface area contributed by atoms with Gasteiger partial charge in [0.15, 0.2) is 5.12 Å². The van der Waals surface area contributed by atoms with Crippen LogP contribution in [0.4, 0.5) is 0 Å². The van der Waals surface area contributed by atoms with Crippen molar-refractivity contribution in [3.8, 4) is 0 Å². The van der Waals surface area contributed by atoms with Crippen LogP contribution in [0.25, 0.3) is 0 Å². The van der Waals surface area contributed by atoms with E-state index in [4.69, 9.17) is 5.11 Å². The van der Waals surface area contributed by atoms with Crippen LogP contribution >= 0.6 is 11.8 Å². The molecule has 0 rings (SSSR count). The van der Waals surface area contributed by atoms with Gasteiger partial charge in [-0.05, 0) is 5.41 Å². The molecule has 0 aromatic carbocycles. The monoisotopic (exact) mass is 190 g/mol. The lowest BCUT2D eigenvalue weighted by Gasteiger charge is -2.25. The summed E-state index contributed by atoms with van der Waals surface area (Å²) in [5.41, 5.74) is -0.387. The Morgan fingerprint density at radius 1 is 1.33 bits per heavy atom. The molecule has 0 aliphatic heterocycles. The Hall–Kier alpha value is -0.510. The quantitative estimate of drug-likeness (QED) is 0.721. The molecule has 12 heavy (non-hydrogen) atoms. The van der Waals surface area contributed by atoms with Crippen LogP contribution in [0.2, 0.25) is 0 Å². The summed E-state index contributed by atoms with van der Waals surface area (Å²) in [7, 11) is 0. The van der Waals surface area contributed by atoms with Crippen LogP contribution in [0.3, 0.4) is 0 Å². The molecule has 4 heteroatoms. The zero-order valence-corrected chi connectivity index (χ0v) is 8.57. The number of carboxylic acids is 1.